The van der Waals surface area contributed by atoms with Crippen LogP contribution in [0.3, 0.4) is 0 Å². The number of nitrogens with two attached hydrogens (primary N) is 1. The van der Waals surface area contributed by atoms with Crippen LogP contribution in [0.5, 0.6) is 0 Å². The smallest absolute Gasteiger partial charge is 0.163 e. The maximum atomic E-state index is 12.7. The van der Waals surface area contributed by atoms with Gasteiger partial charge in [0.25, 0.3) is 0 Å². The van der Waals surface area contributed by atoms with Gasteiger partial charge >= 0.3 is 0 Å². The molecule has 4 nitrogen and oxygen atoms in total. The Labute approximate surface area is 186 Å². The zero-order valence-corrected chi connectivity index (χ0v) is 18.3. The highest BCUT2D eigenvalue weighted by Gasteiger charge is 2.10. The number of aromatic nitrogens is 1. The number of nitrogens with zero attached hydrogens (tertiary/aromatic N) is 1. The summed E-state index contributed by atoms with van der Waals surface area (Å²) in [7, 11) is 0. The van der Waals surface area contributed by atoms with E-state index < -0.39 is 0 Å². The normalized spacial score (nSPS) is 10.7. The SMILES string of the molecule is Cc1csc(-c2ccc(N)c(CCC(=O)c3ccc(CNc4ccncc4)cc3)c2)c1. The van der Waals surface area contributed by atoms with E-state index in [9.17, 15) is 4.79 Å². The monoisotopic (exact) mass is 427 g/mol. The van der Waals surface area contributed by atoms with Gasteiger partial charge in [-0.2, -0.15) is 0 Å². The fourth-order valence-corrected chi connectivity index (χ4v) is 4.33. The Morgan fingerprint density at radius 3 is 2.52 bits per heavy atom. The van der Waals surface area contributed by atoms with Crippen LogP contribution in [0.2, 0.25) is 0 Å². The number of thiophene rings is 1. The Kier molecular flexibility index (Phi) is 6.43. The van der Waals surface area contributed by atoms with E-state index >= 15 is 0 Å². The van der Waals surface area contributed by atoms with Crippen LogP contribution in [0.1, 0.15) is 33.5 Å². The second kappa shape index (κ2) is 9.58. The highest BCUT2D eigenvalue weighted by molar-refractivity contribution is 7.13. The molecule has 0 radical (unpaired) electrons. The molecule has 0 bridgehead atoms. The lowest BCUT2D eigenvalue weighted by atomic mass is 9.99. The minimum atomic E-state index is 0.130. The van der Waals surface area contributed by atoms with E-state index in [0.29, 0.717) is 19.4 Å². The van der Waals surface area contributed by atoms with Crippen molar-refractivity contribution in [3.8, 4) is 10.4 Å². The lowest BCUT2D eigenvalue weighted by molar-refractivity contribution is 0.0983. The maximum absolute atomic E-state index is 12.7. The lowest BCUT2D eigenvalue weighted by Gasteiger charge is -2.09. The summed E-state index contributed by atoms with van der Waals surface area (Å²) < 4.78 is 0. The highest BCUT2D eigenvalue weighted by atomic mass is 32.1. The van der Waals surface area contributed by atoms with E-state index in [2.05, 4.69) is 34.7 Å². The van der Waals surface area contributed by atoms with Gasteiger partial charge in [0.2, 0.25) is 0 Å². The standard InChI is InChI=1S/C26H25N3OS/c1-18-14-26(31-17-18)22-6-8-24(27)21(15-22)7-9-25(30)20-4-2-19(3-5-20)16-29-23-10-12-28-13-11-23/h2-6,8,10-15,17H,7,9,16,27H2,1H3,(H,28,29). The zero-order valence-electron chi connectivity index (χ0n) is 17.5. The van der Waals surface area contributed by atoms with E-state index in [1.807, 2.05) is 48.5 Å². The topological polar surface area (TPSA) is 68.0 Å². The van der Waals surface area contributed by atoms with Crippen LogP contribution in [0, 0.1) is 6.92 Å². The molecule has 0 aliphatic rings. The molecule has 2 aromatic carbocycles. The molecule has 0 fully saturated rings. The van der Waals surface area contributed by atoms with Crippen molar-refractivity contribution in [2.75, 3.05) is 11.1 Å². The fourth-order valence-electron chi connectivity index (χ4n) is 3.43. The summed E-state index contributed by atoms with van der Waals surface area (Å²) in [6.45, 7) is 2.79. The van der Waals surface area contributed by atoms with E-state index in [-0.39, 0.29) is 5.78 Å². The van der Waals surface area contributed by atoms with Gasteiger partial charge in [0.1, 0.15) is 0 Å². The number of nitrogens with one attached hydrogen (secondary N) is 1. The third-order valence-electron chi connectivity index (χ3n) is 5.23. The third kappa shape index (κ3) is 5.38. The molecule has 156 valence electrons. The van der Waals surface area contributed by atoms with Gasteiger partial charge in [0.15, 0.2) is 5.78 Å². The average Bonchev–Trinajstić information content (AvgIpc) is 3.24. The van der Waals surface area contributed by atoms with Gasteiger partial charge in [0.05, 0.1) is 0 Å². The molecule has 31 heavy (non-hydrogen) atoms. The van der Waals surface area contributed by atoms with Crippen LogP contribution in [0.25, 0.3) is 10.4 Å². The number of Topliss-reactive ketones (excluding diaryl/α,β-unsaturated/α-hetero) is 1. The molecule has 3 N–H and O–H groups in total. The largest absolute Gasteiger partial charge is 0.399 e. The van der Waals surface area contributed by atoms with Crippen LogP contribution < -0.4 is 11.1 Å². The first-order valence-corrected chi connectivity index (χ1v) is 11.2. The molecule has 5 heteroatoms. The van der Waals surface area contributed by atoms with E-state index in [1.54, 1.807) is 23.7 Å². The summed E-state index contributed by atoms with van der Waals surface area (Å²) in [4.78, 5) is 18.0. The number of anilines is 2. The number of carbonyl (C=O) groups is 1. The highest BCUT2D eigenvalue weighted by Crippen LogP contribution is 2.30. The zero-order chi connectivity index (χ0) is 21.6. The summed E-state index contributed by atoms with van der Waals surface area (Å²) in [5.41, 5.74) is 13.2. The predicted molar refractivity (Wildman–Crippen MR) is 130 cm³/mol. The number of nitrogen functional groups attached to an aromatic ring is 1. The Morgan fingerprint density at radius 1 is 1.03 bits per heavy atom. The molecule has 2 aromatic heterocycles. The molecule has 4 rings (SSSR count). The molecule has 0 aliphatic heterocycles. The molecule has 0 aliphatic carbocycles. The number of carbonyl (C=O) groups excluding carboxylic acids is 1. The number of rotatable bonds is 8. The second-order valence-electron chi connectivity index (χ2n) is 7.61. The molecule has 0 saturated carbocycles. The Hall–Kier alpha value is -3.44. The summed E-state index contributed by atoms with van der Waals surface area (Å²) in [6.07, 6.45) is 4.59. The first-order chi connectivity index (χ1) is 15.1. The molecule has 0 saturated heterocycles. The van der Waals surface area contributed by atoms with Crippen molar-refractivity contribution >= 4 is 28.5 Å². The minimum Gasteiger partial charge on any atom is -0.399 e. The quantitative estimate of drug-likeness (QED) is 0.262. The van der Waals surface area contributed by atoms with Crippen LogP contribution in [-0.2, 0) is 13.0 Å². The van der Waals surface area contributed by atoms with Crippen LogP contribution in [0.15, 0.2) is 78.4 Å². The first kappa shape index (κ1) is 20.8. The lowest BCUT2D eigenvalue weighted by Crippen LogP contribution is -2.04. The molecule has 0 unspecified atom stereocenters. The van der Waals surface area contributed by atoms with Gasteiger partial charge in [-0.3, -0.25) is 9.78 Å². The Bertz CT molecular complexity index is 1170. The second-order valence-corrected chi connectivity index (χ2v) is 8.52. The summed E-state index contributed by atoms with van der Waals surface area (Å²) in [5, 5.41) is 5.49. The predicted octanol–water partition coefficient (Wildman–Crippen LogP) is 6.13. The average molecular weight is 428 g/mol. The molecule has 0 atom stereocenters. The molecule has 4 aromatic rings. The van der Waals surface area contributed by atoms with Gasteiger partial charge < -0.3 is 11.1 Å². The first-order valence-electron chi connectivity index (χ1n) is 10.3. The molecule has 0 spiro atoms. The molecular formula is C26H25N3OS. The number of ketones is 1. The number of pyridine rings is 1. The van der Waals surface area contributed by atoms with Crippen molar-refractivity contribution in [2.45, 2.75) is 26.3 Å². The van der Waals surface area contributed by atoms with Crippen LogP contribution >= 0.6 is 11.3 Å². The van der Waals surface area contributed by atoms with Gasteiger partial charge in [-0.05, 0) is 71.3 Å². The van der Waals surface area contributed by atoms with E-state index in [4.69, 9.17) is 5.73 Å². The summed E-state index contributed by atoms with van der Waals surface area (Å²) in [6, 6.07) is 19.9. The Balaban J connectivity index is 1.36. The number of hydrogen-bond donors (Lipinski definition) is 2. The van der Waals surface area contributed by atoms with E-state index in [0.717, 1.165) is 33.6 Å². The maximum Gasteiger partial charge on any atom is 0.163 e. The van der Waals surface area contributed by atoms with Gasteiger partial charge in [-0.15, -0.1) is 11.3 Å². The van der Waals surface area contributed by atoms with Crippen LogP contribution in [-0.4, -0.2) is 10.8 Å². The van der Waals surface area contributed by atoms with Gasteiger partial charge in [-0.1, -0.05) is 30.3 Å². The number of aryl methyl sites for hydroxylation is 2. The third-order valence-corrected chi connectivity index (χ3v) is 6.33. The van der Waals surface area contributed by atoms with E-state index in [1.165, 1.54) is 10.4 Å². The summed E-state index contributed by atoms with van der Waals surface area (Å²) >= 11 is 1.73. The van der Waals surface area contributed by atoms with Crippen molar-refractivity contribution in [1.82, 2.24) is 4.98 Å². The molecule has 2 heterocycles. The van der Waals surface area contributed by atoms with Gasteiger partial charge in [0, 0.05) is 47.2 Å². The van der Waals surface area contributed by atoms with Crippen molar-refractivity contribution in [3.05, 3.63) is 101 Å². The van der Waals surface area contributed by atoms with Crippen molar-refractivity contribution in [3.63, 3.8) is 0 Å². The van der Waals surface area contributed by atoms with Crippen molar-refractivity contribution in [2.24, 2.45) is 0 Å². The van der Waals surface area contributed by atoms with Crippen molar-refractivity contribution in [1.29, 1.82) is 0 Å². The minimum absolute atomic E-state index is 0.130. The summed E-state index contributed by atoms with van der Waals surface area (Å²) in [5.74, 6) is 0.130. The van der Waals surface area contributed by atoms with Gasteiger partial charge in [-0.25, -0.2) is 0 Å². The van der Waals surface area contributed by atoms with Crippen LogP contribution in [0.4, 0.5) is 11.4 Å². The molecular weight excluding hydrogens is 402 g/mol. The number of hydrogen-bond acceptors (Lipinski definition) is 5. The van der Waals surface area contributed by atoms with Crippen molar-refractivity contribution < 1.29 is 4.79 Å². The number of benzene rings is 2. The fraction of sp³-hybridized carbons (Fsp3) is 0.154. The molecule has 0 amide bonds. The Morgan fingerprint density at radius 2 is 1.81 bits per heavy atom.